The molecule has 0 aliphatic rings. The van der Waals surface area contributed by atoms with Crippen molar-refractivity contribution in [2.24, 2.45) is 0 Å². The fraction of sp³-hybridized carbons (Fsp3) is 0.450. The lowest BCUT2D eigenvalue weighted by Crippen LogP contribution is -2.27. The predicted molar refractivity (Wildman–Crippen MR) is 115 cm³/mol. The van der Waals surface area contributed by atoms with E-state index in [2.05, 4.69) is 38.0 Å². The van der Waals surface area contributed by atoms with E-state index in [1.54, 1.807) is 14.2 Å². The summed E-state index contributed by atoms with van der Waals surface area (Å²) in [4.78, 5) is 14.2. The Morgan fingerprint density at radius 1 is 1.04 bits per heavy atom. The van der Waals surface area contributed by atoms with Crippen molar-refractivity contribution >= 4 is 29.1 Å². The van der Waals surface area contributed by atoms with Crippen LogP contribution in [0.15, 0.2) is 18.3 Å². The number of anilines is 1. The van der Waals surface area contributed by atoms with Gasteiger partial charge in [0.25, 0.3) is 0 Å². The van der Waals surface area contributed by atoms with Crippen molar-refractivity contribution < 1.29 is 9.47 Å². The number of nitrogens with one attached hydrogen (secondary N) is 1. The number of aryl methyl sites for hydroxylation is 2. The van der Waals surface area contributed by atoms with E-state index in [0.29, 0.717) is 17.4 Å². The summed E-state index contributed by atoms with van der Waals surface area (Å²) in [6.07, 6.45) is 2.75. The average Bonchev–Trinajstić information content (AvgIpc) is 3.00. The maximum Gasteiger partial charge on any atom is 0.237 e. The van der Waals surface area contributed by atoms with Crippen LogP contribution in [0.25, 0.3) is 16.9 Å². The third-order valence-corrected chi connectivity index (χ3v) is 4.11. The van der Waals surface area contributed by atoms with Gasteiger partial charge in [0, 0.05) is 29.6 Å². The molecule has 0 unspecified atom stereocenters. The molecule has 0 fully saturated rings. The van der Waals surface area contributed by atoms with Gasteiger partial charge in [-0.15, -0.1) is 12.4 Å². The second-order valence-corrected chi connectivity index (χ2v) is 7.49. The molecular weight excluding hydrogens is 378 g/mol. The summed E-state index contributed by atoms with van der Waals surface area (Å²) in [5, 5.41) is 4.36. The lowest BCUT2D eigenvalue weighted by Gasteiger charge is -2.23. The van der Waals surface area contributed by atoms with Gasteiger partial charge < -0.3 is 14.8 Å². The Kier molecular flexibility index (Phi) is 6.39. The van der Waals surface area contributed by atoms with E-state index in [9.17, 15) is 0 Å². The fourth-order valence-corrected chi connectivity index (χ4v) is 2.97. The molecule has 0 amide bonds. The molecule has 0 saturated carbocycles. The first kappa shape index (κ1) is 21.8. The number of imidazole rings is 1. The first-order chi connectivity index (χ1) is 12.8. The molecular formula is C20H28ClN5O2. The van der Waals surface area contributed by atoms with E-state index in [1.165, 1.54) is 0 Å². The molecule has 1 aromatic carbocycles. The van der Waals surface area contributed by atoms with Crippen LogP contribution in [-0.4, -0.2) is 39.3 Å². The summed E-state index contributed by atoms with van der Waals surface area (Å²) in [6, 6.07) is 3.79. The molecule has 3 rings (SSSR count). The summed E-state index contributed by atoms with van der Waals surface area (Å²) < 4.78 is 12.9. The van der Waals surface area contributed by atoms with E-state index in [4.69, 9.17) is 19.4 Å². The Hall–Kier alpha value is -2.54. The molecule has 0 bridgehead atoms. The summed E-state index contributed by atoms with van der Waals surface area (Å²) in [5.41, 5.74) is 1.55. The van der Waals surface area contributed by atoms with Crippen LogP contribution < -0.4 is 14.8 Å². The molecule has 0 atom stereocenters. The number of fused-ring (bicyclic) bond motifs is 1. The van der Waals surface area contributed by atoms with Gasteiger partial charge in [-0.1, -0.05) is 6.92 Å². The minimum Gasteiger partial charge on any atom is -0.493 e. The number of methoxy groups -OCH3 is 2. The fourth-order valence-electron chi connectivity index (χ4n) is 2.97. The van der Waals surface area contributed by atoms with Crippen LogP contribution in [0.5, 0.6) is 11.5 Å². The van der Waals surface area contributed by atoms with Crippen LogP contribution in [0.1, 0.15) is 39.2 Å². The van der Waals surface area contributed by atoms with Crippen molar-refractivity contribution in [1.29, 1.82) is 0 Å². The van der Waals surface area contributed by atoms with E-state index in [-0.39, 0.29) is 17.9 Å². The Balaban J connectivity index is 0.00000280. The first-order valence-corrected chi connectivity index (χ1v) is 9.03. The molecule has 0 spiro atoms. The minimum atomic E-state index is -0.163. The highest BCUT2D eigenvalue weighted by Gasteiger charge is 2.19. The third kappa shape index (κ3) is 4.30. The number of nitrogens with zero attached hydrogens (tertiary/aromatic N) is 4. The highest BCUT2D eigenvalue weighted by molar-refractivity contribution is 5.92. The van der Waals surface area contributed by atoms with Crippen LogP contribution in [0.4, 0.5) is 5.82 Å². The Labute approximate surface area is 171 Å². The molecule has 1 N–H and O–H groups in total. The number of rotatable bonds is 5. The highest BCUT2D eigenvalue weighted by atomic mass is 35.5. The number of halogens is 1. The molecule has 0 radical (unpaired) electrons. The Morgan fingerprint density at radius 2 is 1.68 bits per heavy atom. The van der Waals surface area contributed by atoms with Gasteiger partial charge in [-0.3, -0.25) is 4.57 Å². The Morgan fingerprint density at radius 3 is 2.25 bits per heavy atom. The van der Waals surface area contributed by atoms with Gasteiger partial charge in [-0.05, 0) is 33.8 Å². The van der Waals surface area contributed by atoms with Crippen LogP contribution in [-0.2, 0) is 6.42 Å². The van der Waals surface area contributed by atoms with Gasteiger partial charge in [-0.25, -0.2) is 9.97 Å². The summed E-state index contributed by atoms with van der Waals surface area (Å²) >= 11 is 0. The van der Waals surface area contributed by atoms with Gasteiger partial charge in [0.15, 0.2) is 11.5 Å². The Bertz CT molecular complexity index is 979. The van der Waals surface area contributed by atoms with Gasteiger partial charge in [-0.2, -0.15) is 4.98 Å². The van der Waals surface area contributed by atoms with Crippen LogP contribution >= 0.6 is 12.4 Å². The number of benzene rings is 1. The zero-order valence-corrected chi connectivity index (χ0v) is 18.3. The molecule has 0 aliphatic heterocycles. The molecule has 0 aliphatic carbocycles. The van der Waals surface area contributed by atoms with Crippen molar-refractivity contribution in [3.05, 3.63) is 29.8 Å². The lowest BCUT2D eigenvalue weighted by molar-refractivity contribution is 0.356. The van der Waals surface area contributed by atoms with Crippen molar-refractivity contribution in [3.63, 3.8) is 0 Å². The average molecular weight is 406 g/mol. The normalized spacial score (nSPS) is 11.2. The maximum absolute atomic E-state index is 5.46. The third-order valence-electron chi connectivity index (χ3n) is 4.11. The summed E-state index contributed by atoms with van der Waals surface area (Å²) in [5.74, 6) is 3.53. The minimum absolute atomic E-state index is 0. The van der Waals surface area contributed by atoms with Crippen LogP contribution in [0, 0.1) is 6.92 Å². The smallest absolute Gasteiger partial charge is 0.237 e. The second kappa shape index (κ2) is 8.22. The zero-order valence-electron chi connectivity index (χ0n) is 17.5. The van der Waals surface area contributed by atoms with Crippen molar-refractivity contribution in [2.75, 3.05) is 19.5 Å². The van der Waals surface area contributed by atoms with Crippen LogP contribution in [0.3, 0.4) is 0 Å². The van der Waals surface area contributed by atoms with Gasteiger partial charge in [0.1, 0.15) is 11.6 Å². The standard InChI is InChI=1S/C20H27N5O2.ClH/c1-8-17-21-12(2)11-25(17)19-22-14-10-16(27-7)15(26-6)9-13(14)18(23-19)24-20(3,4)5;/h9-11H,8H2,1-7H3,(H,22,23,24);1H. The predicted octanol–water partition coefficient (Wildman–Crippen LogP) is 4.34. The quantitative estimate of drug-likeness (QED) is 0.680. The van der Waals surface area contributed by atoms with Crippen molar-refractivity contribution in [3.8, 4) is 17.4 Å². The van der Waals surface area contributed by atoms with Gasteiger partial charge >= 0.3 is 0 Å². The summed E-state index contributed by atoms with van der Waals surface area (Å²) in [7, 11) is 3.24. The number of ether oxygens (including phenoxy) is 2. The first-order valence-electron chi connectivity index (χ1n) is 9.03. The molecule has 2 aromatic heterocycles. The highest BCUT2D eigenvalue weighted by Crippen LogP contribution is 2.35. The molecule has 8 heteroatoms. The number of hydrogen-bond acceptors (Lipinski definition) is 6. The number of hydrogen-bond donors (Lipinski definition) is 1. The van der Waals surface area contributed by atoms with Crippen molar-refractivity contribution in [2.45, 2.75) is 46.6 Å². The van der Waals surface area contributed by atoms with Crippen LogP contribution in [0.2, 0.25) is 0 Å². The van der Waals surface area contributed by atoms with E-state index in [1.807, 2.05) is 29.8 Å². The molecule has 28 heavy (non-hydrogen) atoms. The van der Waals surface area contributed by atoms with Crippen molar-refractivity contribution in [1.82, 2.24) is 19.5 Å². The number of aromatic nitrogens is 4. The molecule has 3 aromatic rings. The second-order valence-electron chi connectivity index (χ2n) is 7.49. The SMILES string of the molecule is CCc1nc(C)cn1-c1nc(NC(C)(C)C)c2cc(OC)c(OC)cc2n1.Cl. The molecule has 2 heterocycles. The zero-order chi connectivity index (χ0) is 19.8. The molecule has 7 nitrogen and oxygen atoms in total. The maximum atomic E-state index is 5.46. The van der Waals surface area contributed by atoms with E-state index in [0.717, 1.165) is 34.7 Å². The molecule has 0 saturated heterocycles. The topological polar surface area (TPSA) is 74.1 Å². The monoisotopic (exact) mass is 405 g/mol. The van der Waals surface area contributed by atoms with E-state index < -0.39 is 0 Å². The molecule has 152 valence electrons. The van der Waals surface area contributed by atoms with Gasteiger partial charge in [0.2, 0.25) is 5.95 Å². The van der Waals surface area contributed by atoms with E-state index >= 15 is 0 Å². The lowest BCUT2D eigenvalue weighted by atomic mass is 10.1. The largest absolute Gasteiger partial charge is 0.493 e. The summed E-state index contributed by atoms with van der Waals surface area (Å²) in [6.45, 7) is 10.3. The van der Waals surface area contributed by atoms with Gasteiger partial charge in [0.05, 0.1) is 25.4 Å².